The van der Waals surface area contributed by atoms with Crippen molar-refractivity contribution in [2.24, 2.45) is 5.92 Å². The molecule has 0 saturated carbocycles. The molecule has 2 atom stereocenters. The first kappa shape index (κ1) is 17.8. The highest BCUT2D eigenvalue weighted by atomic mass is 32.2. The molecule has 4 heteroatoms. The van der Waals surface area contributed by atoms with Crippen molar-refractivity contribution in [3.8, 4) is 0 Å². The van der Waals surface area contributed by atoms with E-state index in [1.165, 1.54) is 17.3 Å². The van der Waals surface area contributed by atoms with Crippen molar-refractivity contribution >= 4 is 22.8 Å². The molecule has 0 spiro atoms. The number of thioether (sulfide) groups is 1. The molecule has 0 heterocycles. The number of aryl methyl sites for hydroxylation is 1. The van der Waals surface area contributed by atoms with Crippen LogP contribution in [0.5, 0.6) is 0 Å². The molecular formula is C17H24O3S. The van der Waals surface area contributed by atoms with Crippen LogP contribution in [-0.2, 0) is 16.0 Å². The van der Waals surface area contributed by atoms with Crippen molar-refractivity contribution < 1.29 is 14.3 Å². The Bertz CT molecular complexity index is 467. The molecule has 0 aliphatic rings. The Balaban J connectivity index is 2.61. The van der Waals surface area contributed by atoms with Gasteiger partial charge >= 0.3 is 5.97 Å². The first-order valence-electron chi connectivity index (χ1n) is 7.46. The monoisotopic (exact) mass is 308 g/mol. The molecular weight excluding hydrogens is 284 g/mol. The van der Waals surface area contributed by atoms with E-state index in [0.29, 0.717) is 12.2 Å². The summed E-state index contributed by atoms with van der Waals surface area (Å²) >= 11 is 1.19. The molecule has 1 aromatic rings. The first-order chi connectivity index (χ1) is 9.99. The van der Waals surface area contributed by atoms with Crippen molar-refractivity contribution in [3.63, 3.8) is 0 Å². The summed E-state index contributed by atoms with van der Waals surface area (Å²) in [5.74, 6) is -0.540. The van der Waals surface area contributed by atoms with E-state index in [1.807, 2.05) is 31.2 Å². The van der Waals surface area contributed by atoms with Crippen LogP contribution in [-0.4, -0.2) is 22.9 Å². The molecule has 1 rings (SSSR count). The molecule has 0 aliphatic carbocycles. The third kappa shape index (κ3) is 5.54. The van der Waals surface area contributed by atoms with Crippen LogP contribution < -0.4 is 0 Å². The fourth-order valence-electron chi connectivity index (χ4n) is 1.90. The van der Waals surface area contributed by atoms with Gasteiger partial charge in [-0.25, -0.2) is 0 Å². The van der Waals surface area contributed by atoms with Crippen LogP contribution in [0.4, 0.5) is 0 Å². The van der Waals surface area contributed by atoms with E-state index in [2.05, 4.69) is 6.92 Å². The van der Waals surface area contributed by atoms with Gasteiger partial charge in [0.25, 0.3) is 0 Å². The minimum atomic E-state index is -0.293. The molecule has 0 aliphatic heterocycles. The van der Waals surface area contributed by atoms with Crippen LogP contribution >= 0.6 is 11.8 Å². The van der Waals surface area contributed by atoms with Gasteiger partial charge in [-0.1, -0.05) is 63.2 Å². The molecule has 1 aromatic carbocycles. The molecule has 0 N–H and O–H groups in total. The molecule has 0 bridgehead atoms. The van der Waals surface area contributed by atoms with Gasteiger partial charge in [-0.2, -0.15) is 0 Å². The molecule has 0 amide bonds. The summed E-state index contributed by atoms with van der Waals surface area (Å²) in [6.07, 6.45) is 2.12. The Hall–Kier alpha value is -1.29. The zero-order valence-electron chi connectivity index (χ0n) is 13.2. The molecule has 2 unspecified atom stereocenters. The van der Waals surface area contributed by atoms with Crippen molar-refractivity contribution in [3.05, 3.63) is 35.4 Å². The minimum absolute atomic E-state index is 0.00157. The number of hydrogen-bond acceptors (Lipinski definition) is 4. The second kappa shape index (κ2) is 8.88. The number of benzene rings is 1. The lowest BCUT2D eigenvalue weighted by atomic mass is 10.1. The summed E-state index contributed by atoms with van der Waals surface area (Å²) in [5, 5.41) is -0.103. The summed E-state index contributed by atoms with van der Waals surface area (Å²) in [7, 11) is 0. The van der Waals surface area contributed by atoms with Gasteiger partial charge in [0.05, 0.1) is 12.5 Å². The topological polar surface area (TPSA) is 43.4 Å². The van der Waals surface area contributed by atoms with E-state index in [4.69, 9.17) is 4.74 Å². The largest absolute Gasteiger partial charge is 0.466 e. The SMILES string of the molecule is CCCc1ccc(C(=O)SC(C)C(C)C(=O)OCC)cc1. The number of esters is 1. The predicted molar refractivity (Wildman–Crippen MR) is 87.6 cm³/mol. The van der Waals surface area contributed by atoms with Gasteiger partial charge < -0.3 is 4.74 Å². The Morgan fingerprint density at radius 3 is 2.29 bits per heavy atom. The maximum Gasteiger partial charge on any atom is 0.309 e. The van der Waals surface area contributed by atoms with Gasteiger partial charge in [-0.3, -0.25) is 9.59 Å². The van der Waals surface area contributed by atoms with E-state index in [1.54, 1.807) is 13.8 Å². The Morgan fingerprint density at radius 2 is 1.76 bits per heavy atom. The summed E-state index contributed by atoms with van der Waals surface area (Å²) < 4.78 is 4.99. The number of carbonyl (C=O) groups excluding carboxylic acids is 2. The second-order valence-corrected chi connectivity index (χ2v) is 6.45. The maximum atomic E-state index is 12.2. The highest BCUT2D eigenvalue weighted by Gasteiger charge is 2.24. The van der Waals surface area contributed by atoms with Crippen molar-refractivity contribution in [2.75, 3.05) is 6.61 Å². The quantitative estimate of drug-likeness (QED) is 0.711. The lowest BCUT2D eigenvalue weighted by Crippen LogP contribution is -2.24. The third-order valence-corrected chi connectivity index (χ3v) is 4.61. The fourth-order valence-corrected chi connectivity index (χ4v) is 2.83. The first-order valence-corrected chi connectivity index (χ1v) is 8.34. The van der Waals surface area contributed by atoms with Gasteiger partial charge in [0.2, 0.25) is 5.12 Å². The summed E-state index contributed by atoms with van der Waals surface area (Å²) in [6.45, 7) is 7.97. The lowest BCUT2D eigenvalue weighted by Gasteiger charge is -2.17. The predicted octanol–water partition coefficient (Wildman–Crippen LogP) is 4.10. The molecule has 0 fully saturated rings. The highest BCUT2D eigenvalue weighted by Crippen LogP contribution is 2.24. The average molecular weight is 308 g/mol. The van der Waals surface area contributed by atoms with E-state index in [9.17, 15) is 9.59 Å². The van der Waals surface area contributed by atoms with Crippen LogP contribution in [0.25, 0.3) is 0 Å². The lowest BCUT2D eigenvalue weighted by molar-refractivity contribution is -0.147. The number of ether oxygens (including phenoxy) is 1. The highest BCUT2D eigenvalue weighted by molar-refractivity contribution is 8.14. The Labute approximate surface area is 131 Å². The average Bonchev–Trinajstić information content (AvgIpc) is 2.47. The van der Waals surface area contributed by atoms with Crippen LogP contribution in [0.3, 0.4) is 0 Å². The number of carbonyl (C=O) groups is 2. The van der Waals surface area contributed by atoms with E-state index < -0.39 is 0 Å². The standard InChI is InChI=1S/C17H24O3S/c1-5-7-14-8-10-15(11-9-14)17(19)21-13(4)12(3)16(18)20-6-2/h8-13H,5-7H2,1-4H3. The zero-order valence-corrected chi connectivity index (χ0v) is 14.0. The molecule has 0 aromatic heterocycles. The number of rotatable bonds is 7. The minimum Gasteiger partial charge on any atom is -0.466 e. The Morgan fingerprint density at radius 1 is 1.14 bits per heavy atom. The molecule has 0 radical (unpaired) electrons. The van der Waals surface area contributed by atoms with Gasteiger partial charge in [0, 0.05) is 10.8 Å². The van der Waals surface area contributed by atoms with Gasteiger partial charge in [-0.05, 0) is 18.9 Å². The van der Waals surface area contributed by atoms with Crippen molar-refractivity contribution in [1.82, 2.24) is 0 Å². The smallest absolute Gasteiger partial charge is 0.309 e. The van der Waals surface area contributed by atoms with Gasteiger partial charge in [-0.15, -0.1) is 0 Å². The van der Waals surface area contributed by atoms with Crippen LogP contribution in [0.2, 0.25) is 0 Å². The third-order valence-electron chi connectivity index (χ3n) is 3.38. The van der Waals surface area contributed by atoms with Gasteiger partial charge in [0.15, 0.2) is 0 Å². The Kier molecular flexibility index (Phi) is 7.51. The van der Waals surface area contributed by atoms with Gasteiger partial charge in [0.1, 0.15) is 0 Å². The maximum absolute atomic E-state index is 12.2. The van der Waals surface area contributed by atoms with Crippen LogP contribution in [0, 0.1) is 5.92 Å². The zero-order chi connectivity index (χ0) is 15.8. The molecule has 3 nitrogen and oxygen atoms in total. The summed E-state index contributed by atoms with van der Waals surface area (Å²) in [4.78, 5) is 23.9. The summed E-state index contributed by atoms with van der Waals surface area (Å²) in [5.41, 5.74) is 1.93. The molecule has 0 saturated heterocycles. The second-order valence-electron chi connectivity index (χ2n) is 5.10. The molecule has 116 valence electrons. The van der Waals surface area contributed by atoms with Crippen LogP contribution in [0.15, 0.2) is 24.3 Å². The van der Waals surface area contributed by atoms with Crippen molar-refractivity contribution in [1.29, 1.82) is 0 Å². The molecule has 21 heavy (non-hydrogen) atoms. The van der Waals surface area contributed by atoms with Crippen LogP contribution in [0.1, 0.15) is 50.0 Å². The fraction of sp³-hybridized carbons (Fsp3) is 0.529. The van der Waals surface area contributed by atoms with E-state index in [0.717, 1.165) is 12.8 Å². The van der Waals surface area contributed by atoms with E-state index >= 15 is 0 Å². The van der Waals surface area contributed by atoms with E-state index in [-0.39, 0.29) is 22.3 Å². The normalized spacial score (nSPS) is 13.5. The number of hydrogen-bond donors (Lipinski definition) is 0. The van der Waals surface area contributed by atoms with Crippen molar-refractivity contribution in [2.45, 2.75) is 45.8 Å². The summed E-state index contributed by atoms with van der Waals surface area (Å²) in [6, 6.07) is 7.72.